The molecule has 0 bridgehead atoms. The molecule has 4 nitrogen and oxygen atoms in total. The smallest absolute Gasteiger partial charge is 0.254 e. The Hall–Kier alpha value is -1.27. The van der Waals surface area contributed by atoms with Gasteiger partial charge in [0.25, 0.3) is 5.91 Å². The van der Waals surface area contributed by atoms with Crippen LogP contribution < -0.4 is 5.43 Å². The largest absolute Gasteiger partial charge is 0.294 e. The summed E-state index contributed by atoms with van der Waals surface area (Å²) in [5.41, 5.74) is 3.23. The molecule has 0 aromatic heterocycles. The van der Waals surface area contributed by atoms with Crippen LogP contribution in [0.4, 0.5) is 4.39 Å². The van der Waals surface area contributed by atoms with Gasteiger partial charge in [-0.3, -0.25) is 9.69 Å². The van der Waals surface area contributed by atoms with Crippen LogP contribution in [-0.2, 0) is 4.79 Å². The van der Waals surface area contributed by atoms with E-state index in [4.69, 9.17) is 0 Å². The number of hydrogen-bond donors (Lipinski definition) is 1. The fourth-order valence-corrected chi connectivity index (χ4v) is 2.70. The number of hydrogen-bond acceptors (Lipinski definition) is 3. The van der Waals surface area contributed by atoms with Gasteiger partial charge in [0.2, 0.25) is 0 Å². The third-order valence-corrected chi connectivity index (χ3v) is 4.02. The first kappa shape index (κ1) is 16.1. The molecule has 0 aliphatic carbocycles. The average molecular weight is 356 g/mol. The molecular weight excluding hydrogens is 337 g/mol. The third-order valence-electron chi connectivity index (χ3n) is 3.41. The van der Waals surface area contributed by atoms with Crippen LogP contribution >= 0.6 is 15.9 Å². The molecule has 1 amide bonds. The van der Waals surface area contributed by atoms with Crippen LogP contribution in [0.3, 0.4) is 0 Å². The van der Waals surface area contributed by atoms with Crippen molar-refractivity contribution in [2.24, 2.45) is 5.10 Å². The van der Waals surface area contributed by atoms with Gasteiger partial charge in [0, 0.05) is 0 Å². The Morgan fingerprint density at radius 2 is 2.05 bits per heavy atom. The summed E-state index contributed by atoms with van der Waals surface area (Å²) >= 11 is 3.11. The van der Waals surface area contributed by atoms with Crippen molar-refractivity contribution in [3.8, 4) is 0 Å². The molecule has 2 rings (SSSR count). The van der Waals surface area contributed by atoms with Crippen molar-refractivity contribution >= 4 is 28.1 Å². The summed E-state index contributed by atoms with van der Waals surface area (Å²) in [6.45, 7) is 2.33. The summed E-state index contributed by atoms with van der Waals surface area (Å²) in [7, 11) is 0. The maximum absolute atomic E-state index is 13.1. The first-order valence-electron chi connectivity index (χ1n) is 7.14. The predicted octanol–water partition coefficient (Wildman–Crippen LogP) is 2.91. The van der Waals surface area contributed by atoms with Crippen molar-refractivity contribution < 1.29 is 9.18 Å². The highest BCUT2D eigenvalue weighted by atomic mass is 79.9. The monoisotopic (exact) mass is 355 g/mol. The zero-order chi connectivity index (χ0) is 15.1. The van der Waals surface area contributed by atoms with Gasteiger partial charge in [-0.05, 0) is 59.6 Å². The zero-order valence-corrected chi connectivity index (χ0v) is 13.4. The van der Waals surface area contributed by atoms with E-state index < -0.39 is 0 Å². The molecule has 6 heteroatoms. The molecule has 21 heavy (non-hydrogen) atoms. The SMILES string of the molecule is O=C(CN1CCCCCC1)N/N=C\c1ccc(F)c(Br)c1. The van der Waals surface area contributed by atoms with Gasteiger partial charge < -0.3 is 0 Å². The number of halogens is 2. The first-order chi connectivity index (χ1) is 10.1. The van der Waals surface area contributed by atoms with Crippen molar-refractivity contribution in [2.45, 2.75) is 25.7 Å². The number of carbonyl (C=O) groups excluding carboxylic acids is 1. The Bertz CT molecular complexity index is 514. The minimum Gasteiger partial charge on any atom is -0.294 e. The van der Waals surface area contributed by atoms with Gasteiger partial charge in [-0.2, -0.15) is 5.10 Å². The quantitative estimate of drug-likeness (QED) is 0.666. The van der Waals surface area contributed by atoms with Gasteiger partial charge in [0.05, 0.1) is 17.2 Å². The second kappa shape index (κ2) is 8.24. The van der Waals surface area contributed by atoms with Gasteiger partial charge in [-0.25, -0.2) is 9.82 Å². The summed E-state index contributed by atoms with van der Waals surface area (Å²) in [6, 6.07) is 4.56. The molecule has 0 saturated carbocycles. The number of carbonyl (C=O) groups is 1. The van der Waals surface area contributed by atoms with Crippen LogP contribution in [0.1, 0.15) is 31.2 Å². The van der Waals surface area contributed by atoms with E-state index in [1.807, 2.05) is 0 Å². The third kappa shape index (κ3) is 5.55. The molecule has 0 radical (unpaired) electrons. The van der Waals surface area contributed by atoms with Gasteiger partial charge in [-0.1, -0.05) is 18.9 Å². The molecule has 1 aromatic carbocycles. The minimum atomic E-state index is -0.322. The van der Waals surface area contributed by atoms with Gasteiger partial charge in [0.1, 0.15) is 5.82 Å². The molecule has 0 unspecified atom stereocenters. The molecule has 1 aliphatic rings. The van der Waals surface area contributed by atoms with Crippen LogP contribution in [0.5, 0.6) is 0 Å². The summed E-state index contributed by atoms with van der Waals surface area (Å²) < 4.78 is 13.5. The van der Waals surface area contributed by atoms with Crippen LogP contribution in [-0.4, -0.2) is 36.7 Å². The molecule has 0 atom stereocenters. The van der Waals surface area contributed by atoms with E-state index in [1.54, 1.807) is 12.1 Å². The van der Waals surface area contributed by atoms with Crippen LogP contribution in [0.2, 0.25) is 0 Å². The zero-order valence-electron chi connectivity index (χ0n) is 11.8. The topological polar surface area (TPSA) is 44.7 Å². The Morgan fingerprint density at radius 1 is 1.33 bits per heavy atom. The molecule has 1 fully saturated rings. The van der Waals surface area contributed by atoms with E-state index >= 15 is 0 Å². The van der Waals surface area contributed by atoms with Crippen molar-refractivity contribution in [2.75, 3.05) is 19.6 Å². The van der Waals surface area contributed by atoms with Crippen molar-refractivity contribution in [3.63, 3.8) is 0 Å². The molecule has 0 spiro atoms. The Balaban J connectivity index is 1.79. The van der Waals surface area contributed by atoms with E-state index in [9.17, 15) is 9.18 Å². The summed E-state index contributed by atoms with van der Waals surface area (Å²) in [5, 5.41) is 3.91. The number of likely N-dealkylation sites (tertiary alicyclic amines) is 1. The van der Waals surface area contributed by atoms with Crippen molar-refractivity contribution in [3.05, 3.63) is 34.1 Å². The predicted molar refractivity (Wildman–Crippen MR) is 84.7 cm³/mol. The average Bonchev–Trinajstić information content (AvgIpc) is 2.71. The van der Waals surface area contributed by atoms with Gasteiger partial charge in [-0.15, -0.1) is 0 Å². The maximum atomic E-state index is 13.1. The highest BCUT2D eigenvalue weighted by Gasteiger charge is 2.12. The van der Waals surface area contributed by atoms with E-state index in [2.05, 4.69) is 31.4 Å². The van der Waals surface area contributed by atoms with E-state index in [-0.39, 0.29) is 11.7 Å². The molecule has 1 saturated heterocycles. The van der Waals surface area contributed by atoms with Crippen molar-refractivity contribution in [1.82, 2.24) is 10.3 Å². The summed E-state index contributed by atoms with van der Waals surface area (Å²) in [4.78, 5) is 14.0. The van der Waals surface area contributed by atoms with Crippen molar-refractivity contribution in [1.29, 1.82) is 0 Å². The normalized spacial score (nSPS) is 16.9. The lowest BCUT2D eigenvalue weighted by Gasteiger charge is -2.17. The lowest BCUT2D eigenvalue weighted by Crippen LogP contribution is -2.35. The van der Waals surface area contributed by atoms with E-state index in [0.717, 1.165) is 31.5 Å². The highest BCUT2D eigenvalue weighted by molar-refractivity contribution is 9.10. The molecule has 1 aromatic rings. The van der Waals surface area contributed by atoms with Crippen LogP contribution in [0.25, 0.3) is 0 Å². The summed E-state index contributed by atoms with van der Waals surface area (Å²) in [5.74, 6) is -0.438. The molecule has 1 heterocycles. The van der Waals surface area contributed by atoms with E-state index in [1.165, 1.54) is 25.1 Å². The number of nitrogens with zero attached hydrogens (tertiary/aromatic N) is 2. The Labute approximate surface area is 132 Å². The molecular formula is C15H19BrFN3O. The van der Waals surface area contributed by atoms with Gasteiger partial charge >= 0.3 is 0 Å². The second-order valence-electron chi connectivity index (χ2n) is 5.16. The summed E-state index contributed by atoms with van der Waals surface area (Å²) in [6.07, 6.45) is 6.30. The lowest BCUT2D eigenvalue weighted by atomic mass is 10.2. The lowest BCUT2D eigenvalue weighted by molar-refractivity contribution is -0.122. The minimum absolute atomic E-state index is 0.116. The first-order valence-corrected chi connectivity index (χ1v) is 7.94. The van der Waals surface area contributed by atoms with E-state index in [0.29, 0.717) is 11.0 Å². The van der Waals surface area contributed by atoms with Crippen LogP contribution in [0.15, 0.2) is 27.8 Å². The maximum Gasteiger partial charge on any atom is 0.254 e. The molecule has 1 aliphatic heterocycles. The number of amides is 1. The second-order valence-corrected chi connectivity index (χ2v) is 6.01. The Morgan fingerprint density at radius 3 is 2.71 bits per heavy atom. The number of benzene rings is 1. The standard InChI is InChI=1S/C15H19BrFN3O/c16-13-9-12(5-6-14(13)17)10-18-19-15(21)11-20-7-3-1-2-4-8-20/h5-6,9-10H,1-4,7-8,11H2,(H,19,21)/b18-10-. The number of nitrogens with one attached hydrogen (secondary N) is 1. The highest BCUT2D eigenvalue weighted by Crippen LogP contribution is 2.15. The van der Waals surface area contributed by atoms with Crippen LogP contribution in [0, 0.1) is 5.82 Å². The molecule has 114 valence electrons. The Kier molecular flexibility index (Phi) is 6.32. The fourth-order valence-electron chi connectivity index (χ4n) is 2.30. The number of rotatable bonds is 4. The number of hydrazone groups is 1. The molecule has 1 N–H and O–H groups in total. The van der Waals surface area contributed by atoms with Gasteiger partial charge in [0.15, 0.2) is 0 Å². The fraction of sp³-hybridized carbons (Fsp3) is 0.467.